The van der Waals surface area contributed by atoms with Crippen molar-refractivity contribution < 1.29 is 23.1 Å². The summed E-state index contributed by atoms with van der Waals surface area (Å²) in [6.45, 7) is 4.02. The predicted molar refractivity (Wildman–Crippen MR) is 73.3 cm³/mol. The molecular formula is C12H20N2O5S. The maximum Gasteiger partial charge on any atom is 0.352 e. The summed E-state index contributed by atoms with van der Waals surface area (Å²) in [5.74, 6) is -1.16. The summed E-state index contributed by atoms with van der Waals surface area (Å²) in [7, 11) is -0.739. The minimum atomic E-state index is -3.74. The Morgan fingerprint density at radius 1 is 1.55 bits per heavy atom. The zero-order valence-electron chi connectivity index (χ0n) is 12.0. The number of hydrogen-bond acceptors (Lipinski definition) is 4. The van der Waals surface area contributed by atoms with Gasteiger partial charge in [0, 0.05) is 32.9 Å². The molecule has 0 aliphatic heterocycles. The monoisotopic (exact) mass is 304 g/mol. The lowest BCUT2D eigenvalue weighted by atomic mass is 10.4. The summed E-state index contributed by atoms with van der Waals surface area (Å²) in [4.78, 5) is 11.0. The molecule has 0 aromatic carbocycles. The molecule has 20 heavy (non-hydrogen) atoms. The van der Waals surface area contributed by atoms with Crippen LogP contribution in [0, 0.1) is 0 Å². The summed E-state index contributed by atoms with van der Waals surface area (Å²) in [6, 6.07) is 0.836. The Morgan fingerprint density at radius 2 is 2.15 bits per heavy atom. The minimum Gasteiger partial charge on any atom is -0.477 e. The molecule has 1 aromatic heterocycles. The van der Waals surface area contributed by atoms with Gasteiger partial charge in [-0.25, -0.2) is 13.2 Å². The molecule has 1 aromatic rings. The lowest BCUT2D eigenvalue weighted by Crippen LogP contribution is -2.40. The third-order valence-electron chi connectivity index (χ3n) is 3.02. The maximum atomic E-state index is 12.5. The van der Waals surface area contributed by atoms with Crippen molar-refractivity contribution in [2.75, 3.05) is 20.3 Å². The van der Waals surface area contributed by atoms with Gasteiger partial charge in [0.25, 0.3) is 0 Å². The average molecular weight is 304 g/mol. The van der Waals surface area contributed by atoms with Crippen LogP contribution in [-0.2, 0) is 21.8 Å². The SMILES string of the molecule is CCN(C(C)COC)S(=O)(=O)c1cc(C(=O)O)n(C)c1. The third kappa shape index (κ3) is 3.20. The molecule has 0 saturated heterocycles. The fourth-order valence-corrected chi connectivity index (χ4v) is 3.76. The van der Waals surface area contributed by atoms with E-state index in [1.807, 2.05) is 0 Å². The standard InChI is InChI=1S/C12H20N2O5S/c1-5-14(9(2)8-19-4)20(17,18)10-6-11(12(15)16)13(3)7-10/h6-7,9H,5,8H2,1-4H3,(H,15,16). The van der Waals surface area contributed by atoms with Crippen LogP contribution >= 0.6 is 0 Å². The number of carboxylic acid groups (broad SMARTS) is 1. The predicted octanol–water partition coefficient (Wildman–Crippen LogP) is 0.769. The van der Waals surface area contributed by atoms with Crippen LogP contribution in [0.1, 0.15) is 24.3 Å². The van der Waals surface area contributed by atoms with Gasteiger partial charge in [0.15, 0.2) is 0 Å². The fraction of sp³-hybridized carbons (Fsp3) is 0.583. The number of carbonyl (C=O) groups is 1. The lowest BCUT2D eigenvalue weighted by Gasteiger charge is -2.26. The van der Waals surface area contributed by atoms with Gasteiger partial charge in [0.1, 0.15) is 10.6 Å². The molecule has 7 nitrogen and oxygen atoms in total. The molecule has 1 rings (SSSR count). The van der Waals surface area contributed by atoms with Gasteiger partial charge in [-0.1, -0.05) is 6.92 Å². The number of carboxylic acids is 1. The minimum absolute atomic E-state index is 0.0257. The first-order chi connectivity index (χ1) is 9.25. The molecular weight excluding hydrogens is 284 g/mol. The van der Waals surface area contributed by atoms with Gasteiger partial charge in [0.2, 0.25) is 10.0 Å². The Labute approximate surface area is 118 Å². The van der Waals surface area contributed by atoms with E-state index in [1.54, 1.807) is 13.8 Å². The Morgan fingerprint density at radius 3 is 2.55 bits per heavy atom. The fourth-order valence-electron chi connectivity index (χ4n) is 2.07. The summed E-state index contributed by atoms with van der Waals surface area (Å²) < 4.78 is 32.6. The van der Waals surface area contributed by atoms with Crippen molar-refractivity contribution in [3.63, 3.8) is 0 Å². The maximum absolute atomic E-state index is 12.5. The molecule has 1 unspecified atom stereocenters. The normalized spacial score (nSPS) is 13.7. The van der Waals surface area contributed by atoms with Crippen molar-refractivity contribution in [2.24, 2.45) is 7.05 Å². The Bertz CT molecular complexity index is 579. The van der Waals surface area contributed by atoms with Gasteiger partial charge in [-0.15, -0.1) is 0 Å². The van der Waals surface area contributed by atoms with E-state index >= 15 is 0 Å². The molecule has 114 valence electrons. The van der Waals surface area contributed by atoms with E-state index in [9.17, 15) is 13.2 Å². The molecule has 0 amide bonds. The summed E-state index contributed by atoms with van der Waals surface area (Å²) >= 11 is 0. The van der Waals surface area contributed by atoms with Gasteiger partial charge < -0.3 is 14.4 Å². The van der Waals surface area contributed by atoms with Crippen LogP contribution in [0.2, 0.25) is 0 Å². The molecule has 0 spiro atoms. The highest BCUT2D eigenvalue weighted by molar-refractivity contribution is 7.89. The molecule has 1 N–H and O–H groups in total. The van der Waals surface area contributed by atoms with E-state index < -0.39 is 16.0 Å². The van der Waals surface area contributed by atoms with Gasteiger partial charge in [0.05, 0.1) is 6.61 Å². The second-order valence-electron chi connectivity index (χ2n) is 4.49. The van der Waals surface area contributed by atoms with E-state index in [-0.39, 0.29) is 29.8 Å². The van der Waals surface area contributed by atoms with Crippen LogP contribution in [0.4, 0.5) is 0 Å². The van der Waals surface area contributed by atoms with Crippen molar-refractivity contribution in [1.82, 2.24) is 8.87 Å². The molecule has 0 aliphatic carbocycles. The van der Waals surface area contributed by atoms with Gasteiger partial charge in [-0.3, -0.25) is 0 Å². The lowest BCUT2D eigenvalue weighted by molar-refractivity contribution is 0.0686. The van der Waals surface area contributed by atoms with E-state index in [1.165, 1.54) is 35.3 Å². The summed E-state index contributed by atoms with van der Waals surface area (Å²) in [5.41, 5.74) is -0.0703. The van der Waals surface area contributed by atoms with Crippen molar-refractivity contribution >= 4 is 16.0 Å². The molecule has 0 aliphatic rings. The average Bonchev–Trinajstić information content (AvgIpc) is 2.73. The topological polar surface area (TPSA) is 88.8 Å². The van der Waals surface area contributed by atoms with Gasteiger partial charge in [-0.05, 0) is 13.0 Å². The van der Waals surface area contributed by atoms with Gasteiger partial charge in [-0.2, -0.15) is 4.31 Å². The molecule has 8 heteroatoms. The molecule has 0 radical (unpaired) electrons. The molecule has 0 bridgehead atoms. The van der Waals surface area contributed by atoms with E-state index in [0.717, 1.165) is 0 Å². The second-order valence-corrected chi connectivity index (χ2v) is 6.38. The van der Waals surface area contributed by atoms with Crippen molar-refractivity contribution in [1.29, 1.82) is 0 Å². The van der Waals surface area contributed by atoms with E-state index in [0.29, 0.717) is 0 Å². The first kappa shape index (κ1) is 16.7. The second kappa shape index (κ2) is 6.38. The Balaban J connectivity index is 3.21. The highest BCUT2D eigenvalue weighted by Crippen LogP contribution is 2.20. The first-order valence-corrected chi connectivity index (χ1v) is 7.60. The van der Waals surface area contributed by atoms with Crippen LogP contribution in [-0.4, -0.2) is 54.7 Å². The zero-order valence-corrected chi connectivity index (χ0v) is 12.8. The number of aromatic nitrogens is 1. The number of nitrogens with zero attached hydrogens (tertiary/aromatic N) is 2. The van der Waals surface area contributed by atoms with Crippen molar-refractivity contribution in [3.05, 3.63) is 18.0 Å². The Hall–Kier alpha value is -1.38. The molecule has 0 saturated carbocycles. The number of ether oxygens (including phenoxy) is 1. The highest BCUT2D eigenvalue weighted by atomic mass is 32.2. The van der Waals surface area contributed by atoms with Gasteiger partial charge >= 0.3 is 5.97 Å². The van der Waals surface area contributed by atoms with Crippen molar-refractivity contribution in [3.8, 4) is 0 Å². The van der Waals surface area contributed by atoms with Crippen LogP contribution in [0.5, 0.6) is 0 Å². The number of rotatable bonds is 7. The number of aryl methyl sites for hydroxylation is 1. The van der Waals surface area contributed by atoms with Crippen LogP contribution in [0.3, 0.4) is 0 Å². The largest absolute Gasteiger partial charge is 0.477 e. The summed E-state index contributed by atoms with van der Waals surface area (Å²) in [5, 5.41) is 8.98. The van der Waals surface area contributed by atoms with Crippen LogP contribution in [0.25, 0.3) is 0 Å². The molecule has 1 atom stereocenters. The number of likely N-dealkylation sites (N-methyl/N-ethyl adjacent to an activating group) is 1. The number of hydrogen-bond donors (Lipinski definition) is 1. The molecule has 0 fully saturated rings. The number of methoxy groups -OCH3 is 1. The smallest absolute Gasteiger partial charge is 0.352 e. The van der Waals surface area contributed by atoms with E-state index in [4.69, 9.17) is 9.84 Å². The highest BCUT2D eigenvalue weighted by Gasteiger charge is 2.29. The summed E-state index contributed by atoms with van der Waals surface area (Å²) in [6.07, 6.45) is 1.31. The Kier molecular flexibility index (Phi) is 5.32. The van der Waals surface area contributed by atoms with Crippen LogP contribution < -0.4 is 0 Å². The zero-order chi connectivity index (χ0) is 15.5. The first-order valence-electron chi connectivity index (χ1n) is 6.16. The van der Waals surface area contributed by atoms with Crippen LogP contribution in [0.15, 0.2) is 17.2 Å². The number of sulfonamides is 1. The van der Waals surface area contributed by atoms with Crippen molar-refractivity contribution in [2.45, 2.75) is 24.8 Å². The van der Waals surface area contributed by atoms with E-state index in [2.05, 4.69) is 0 Å². The number of aromatic carboxylic acids is 1. The third-order valence-corrected chi connectivity index (χ3v) is 5.07. The molecule has 1 heterocycles. The quantitative estimate of drug-likeness (QED) is 0.803.